The topological polar surface area (TPSA) is 49.8 Å². The number of rotatable bonds is 4. The van der Waals surface area contributed by atoms with Crippen LogP contribution in [0.2, 0.25) is 0 Å². The molecule has 0 amide bonds. The molecular formula is C10H19NO3. The van der Waals surface area contributed by atoms with Crippen molar-refractivity contribution >= 4 is 5.97 Å². The van der Waals surface area contributed by atoms with Gasteiger partial charge in [-0.3, -0.25) is 9.69 Å². The minimum Gasteiger partial charge on any atom is -0.480 e. The van der Waals surface area contributed by atoms with Gasteiger partial charge in [0.2, 0.25) is 0 Å². The molecule has 0 aliphatic carbocycles. The van der Waals surface area contributed by atoms with Crippen LogP contribution in [0.15, 0.2) is 0 Å². The largest absolute Gasteiger partial charge is 0.480 e. The third-order valence-corrected chi connectivity index (χ3v) is 3.01. The van der Waals surface area contributed by atoms with Crippen LogP contribution in [-0.4, -0.2) is 48.3 Å². The summed E-state index contributed by atoms with van der Waals surface area (Å²) in [4.78, 5) is 13.3. The summed E-state index contributed by atoms with van der Waals surface area (Å²) < 4.78 is 5.21. The Morgan fingerprint density at radius 1 is 1.50 bits per heavy atom. The van der Waals surface area contributed by atoms with Crippen molar-refractivity contribution < 1.29 is 14.6 Å². The van der Waals surface area contributed by atoms with Crippen LogP contribution < -0.4 is 0 Å². The summed E-state index contributed by atoms with van der Waals surface area (Å²) in [6.45, 7) is 4.00. The first kappa shape index (κ1) is 11.5. The summed E-state index contributed by atoms with van der Waals surface area (Å²) in [5, 5.41) is 9.29. The molecule has 1 aliphatic heterocycles. The molecule has 1 fully saturated rings. The first-order chi connectivity index (χ1) is 6.63. The molecule has 0 bridgehead atoms. The van der Waals surface area contributed by atoms with E-state index in [0.717, 1.165) is 13.0 Å². The number of likely N-dealkylation sites (N-methyl/N-ethyl adjacent to an activating group) is 1. The number of carboxylic acids is 1. The first-order valence-corrected chi connectivity index (χ1v) is 5.16. The summed E-state index contributed by atoms with van der Waals surface area (Å²) in [5.41, 5.74) is -0.686. The highest BCUT2D eigenvalue weighted by Crippen LogP contribution is 2.27. The van der Waals surface area contributed by atoms with Crippen LogP contribution in [0.1, 0.15) is 26.2 Å². The highest BCUT2D eigenvalue weighted by molar-refractivity contribution is 5.78. The molecule has 4 nitrogen and oxygen atoms in total. The quantitative estimate of drug-likeness (QED) is 0.736. The minimum atomic E-state index is -0.711. The summed E-state index contributed by atoms with van der Waals surface area (Å²) in [7, 11) is 1.89. The second-order valence-corrected chi connectivity index (χ2v) is 3.87. The third-order valence-electron chi connectivity index (χ3n) is 3.01. The van der Waals surface area contributed by atoms with Crippen molar-refractivity contribution in [2.75, 3.05) is 26.8 Å². The number of carbonyl (C=O) groups is 1. The summed E-state index contributed by atoms with van der Waals surface area (Å²) >= 11 is 0. The maximum Gasteiger partial charge on any atom is 0.324 e. The number of ether oxygens (including phenoxy) is 1. The predicted octanol–water partition coefficient (Wildman–Crippen LogP) is 0.962. The van der Waals surface area contributed by atoms with Crippen LogP contribution in [0, 0.1) is 0 Å². The zero-order chi connectivity index (χ0) is 10.6. The van der Waals surface area contributed by atoms with E-state index in [-0.39, 0.29) is 0 Å². The van der Waals surface area contributed by atoms with E-state index in [1.807, 2.05) is 11.9 Å². The van der Waals surface area contributed by atoms with Crippen molar-refractivity contribution in [3.63, 3.8) is 0 Å². The molecule has 1 rings (SSSR count). The van der Waals surface area contributed by atoms with Crippen molar-refractivity contribution in [3.8, 4) is 0 Å². The molecule has 4 heteroatoms. The maximum absolute atomic E-state index is 11.3. The van der Waals surface area contributed by atoms with E-state index in [4.69, 9.17) is 4.74 Å². The van der Waals surface area contributed by atoms with Gasteiger partial charge in [0.15, 0.2) is 0 Å². The summed E-state index contributed by atoms with van der Waals surface area (Å²) in [6, 6.07) is 0. The van der Waals surface area contributed by atoms with E-state index in [2.05, 4.69) is 6.92 Å². The standard InChI is InChI=1S/C10H19NO3/c1-3-6-11(2)10(9(12)13)4-7-14-8-5-10/h3-8H2,1-2H3,(H,12,13). The Morgan fingerprint density at radius 2 is 2.07 bits per heavy atom. The van der Waals surface area contributed by atoms with Gasteiger partial charge in [-0.2, -0.15) is 0 Å². The van der Waals surface area contributed by atoms with Crippen molar-refractivity contribution in [3.05, 3.63) is 0 Å². The normalized spacial score (nSPS) is 21.1. The first-order valence-electron chi connectivity index (χ1n) is 5.16. The Bertz CT molecular complexity index is 200. The molecule has 0 aromatic carbocycles. The molecule has 0 atom stereocenters. The Kier molecular flexibility index (Phi) is 3.89. The van der Waals surface area contributed by atoms with Crippen LogP contribution in [0.25, 0.3) is 0 Å². The number of nitrogens with zero attached hydrogens (tertiary/aromatic N) is 1. The fraction of sp³-hybridized carbons (Fsp3) is 0.900. The second-order valence-electron chi connectivity index (χ2n) is 3.87. The number of hydrogen-bond donors (Lipinski definition) is 1. The average molecular weight is 201 g/mol. The maximum atomic E-state index is 11.3. The number of hydrogen-bond acceptors (Lipinski definition) is 3. The van der Waals surface area contributed by atoms with Gasteiger partial charge in [0.25, 0.3) is 0 Å². The average Bonchev–Trinajstić information content (AvgIpc) is 2.19. The smallest absolute Gasteiger partial charge is 0.324 e. The van der Waals surface area contributed by atoms with Crippen LogP contribution in [-0.2, 0) is 9.53 Å². The molecule has 0 radical (unpaired) electrons. The van der Waals surface area contributed by atoms with E-state index in [1.165, 1.54) is 0 Å². The molecular weight excluding hydrogens is 182 g/mol. The molecule has 0 aromatic heterocycles. The lowest BCUT2D eigenvalue weighted by atomic mass is 9.88. The zero-order valence-electron chi connectivity index (χ0n) is 8.95. The summed E-state index contributed by atoms with van der Waals surface area (Å²) in [6.07, 6.45) is 2.17. The van der Waals surface area contributed by atoms with Crippen molar-refractivity contribution in [1.29, 1.82) is 0 Å². The fourth-order valence-corrected chi connectivity index (χ4v) is 2.02. The molecule has 1 N–H and O–H groups in total. The van der Waals surface area contributed by atoms with E-state index >= 15 is 0 Å². The van der Waals surface area contributed by atoms with Crippen molar-refractivity contribution in [2.24, 2.45) is 0 Å². The highest BCUT2D eigenvalue weighted by atomic mass is 16.5. The zero-order valence-corrected chi connectivity index (χ0v) is 8.95. The van der Waals surface area contributed by atoms with Gasteiger partial charge in [-0.15, -0.1) is 0 Å². The summed E-state index contributed by atoms with van der Waals surface area (Å²) in [5.74, 6) is -0.711. The SMILES string of the molecule is CCCN(C)C1(C(=O)O)CCOCC1. The Hall–Kier alpha value is -0.610. The Morgan fingerprint density at radius 3 is 2.50 bits per heavy atom. The van der Waals surface area contributed by atoms with Crippen LogP contribution in [0.5, 0.6) is 0 Å². The number of carboxylic acid groups (broad SMARTS) is 1. The lowest BCUT2D eigenvalue weighted by molar-refractivity contribution is -0.157. The van der Waals surface area contributed by atoms with Gasteiger partial charge in [0, 0.05) is 13.2 Å². The monoisotopic (exact) mass is 201 g/mol. The van der Waals surface area contributed by atoms with Gasteiger partial charge in [-0.1, -0.05) is 6.92 Å². The lowest BCUT2D eigenvalue weighted by Gasteiger charge is -2.40. The number of aliphatic carboxylic acids is 1. The molecule has 0 spiro atoms. The van der Waals surface area contributed by atoms with Crippen LogP contribution >= 0.6 is 0 Å². The lowest BCUT2D eigenvalue weighted by Crippen LogP contribution is -2.56. The van der Waals surface area contributed by atoms with E-state index in [0.29, 0.717) is 26.1 Å². The van der Waals surface area contributed by atoms with Gasteiger partial charge >= 0.3 is 5.97 Å². The van der Waals surface area contributed by atoms with Gasteiger partial charge in [-0.25, -0.2) is 0 Å². The second kappa shape index (κ2) is 4.75. The molecule has 0 aromatic rings. The third kappa shape index (κ3) is 2.07. The van der Waals surface area contributed by atoms with Crippen molar-refractivity contribution in [1.82, 2.24) is 4.90 Å². The van der Waals surface area contributed by atoms with Crippen LogP contribution in [0.3, 0.4) is 0 Å². The molecule has 0 saturated carbocycles. The van der Waals surface area contributed by atoms with Gasteiger partial charge < -0.3 is 9.84 Å². The highest BCUT2D eigenvalue weighted by Gasteiger charge is 2.43. The Balaban J connectivity index is 2.74. The molecule has 0 unspecified atom stereocenters. The van der Waals surface area contributed by atoms with Gasteiger partial charge in [-0.05, 0) is 32.9 Å². The van der Waals surface area contributed by atoms with E-state index in [9.17, 15) is 9.90 Å². The minimum absolute atomic E-state index is 0.556. The molecule has 1 saturated heterocycles. The predicted molar refractivity (Wildman–Crippen MR) is 53.3 cm³/mol. The van der Waals surface area contributed by atoms with E-state index < -0.39 is 11.5 Å². The Labute approximate surface area is 84.8 Å². The molecule has 82 valence electrons. The molecule has 1 heterocycles. The molecule has 14 heavy (non-hydrogen) atoms. The molecule has 1 aliphatic rings. The fourth-order valence-electron chi connectivity index (χ4n) is 2.02. The van der Waals surface area contributed by atoms with Gasteiger partial charge in [0.05, 0.1) is 0 Å². The van der Waals surface area contributed by atoms with Crippen LogP contribution in [0.4, 0.5) is 0 Å². The van der Waals surface area contributed by atoms with Crippen molar-refractivity contribution in [2.45, 2.75) is 31.7 Å². The van der Waals surface area contributed by atoms with E-state index in [1.54, 1.807) is 0 Å². The van der Waals surface area contributed by atoms with Gasteiger partial charge in [0.1, 0.15) is 5.54 Å².